The van der Waals surface area contributed by atoms with Gasteiger partial charge in [-0.1, -0.05) is 0 Å². The molecule has 2 unspecified atom stereocenters. The maximum absolute atomic E-state index is 8.33. The molecule has 1 aliphatic heterocycles. The summed E-state index contributed by atoms with van der Waals surface area (Å²) in [5.41, 5.74) is 5.69. The standard InChI is InChI=1S/C7H12N2O/c8-3-1-7(9)6-2-4-10-5-6/h6-7H,1-2,4-5,9H2. The van der Waals surface area contributed by atoms with Crippen LogP contribution in [0.1, 0.15) is 12.8 Å². The highest BCUT2D eigenvalue weighted by Gasteiger charge is 2.21. The second kappa shape index (κ2) is 3.55. The first-order chi connectivity index (χ1) is 4.84. The van der Waals surface area contributed by atoms with Crippen LogP contribution in [0.25, 0.3) is 0 Å². The number of nitrogens with zero attached hydrogens (tertiary/aromatic N) is 1. The summed E-state index contributed by atoms with van der Waals surface area (Å²) in [5.74, 6) is 0.416. The van der Waals surface area contributed by atoms with Gasteiger partial charge in [-0.2, -0.15) is 5.26 Å². The molecule has 10 heavy (non-hydrogen) atoms. The molecule has 0 aromatic rings. The Bertz CT molecular complexity index is 135. The topological polar surface area (TPSA) is 59.0 Å². The van der Waals surface area contributed by atoms with Gasteiger partial charge in [0, 0.05) is 18.6 Å². The van der Waals surface area contributed by atoms with Crippen molar-refractivity contribution in [1.29, 1.82) is 5.26 Å². The summed E-state index contributed by atoms with van der Waals surface area (Å²) in [7, 11) is 0. The molecule has 3 nitrogen and oxygen atoms in total. The van der Waals surface area contributed by atoms with Crippen LogP contribution in [-0.4, -0.2) is 19.3 Å². The molecule has 0 saturated carbocycles. The van der Waals surface area contributed by atoms with Crippen LogP contribution in [0.4, 0.5) is 0 Å². The summed E-state index contributed by atoms with van der Waals surface area (Å²) < 4.78 is 5.14. The molecule has 0 amide bonds. The Hall–Kier alpha value is -0.590. The number of nitriles is 1. The smallest absolute Gasteiger partial charge is 0.0638 e. The largest absolute Gasteiger partial charge is 0.381 e. The van der Waals surface area contributed by atoms with Crippen molar-refractivity contribution in [3.63, 3.8) is 0 Å². The lowest BCUT2D eigenvalue weighted by atomic mass is 9.98. The average molecular weight is 140 g/mol. The van der Waals surface area contributed by atoms with E-state index in [-0.39, 0.29) is 6.04 Å². The van der Waals surface area contributed by atoms with Crippen LogP contribution >= 0.6 is 0 Å². The third kappa shape index (κ3) is 1.69. The van der Waals surface area contributed by atoms with E-state index in [1.807, 2.05) is 0 Å². The third-order valence-electron chi connectivity index (χ3n) is 1.90. The molecule has 56 valence electrons. The number of hydrogen-bond donors (Lipinski definition) is 1. The van der Waals surface area contributed by atoms with Gasteiger partial charge >= 0.3 is 0 Å². The van der Waals surface area contributed by atoms with E-state index in [0.717, 1.165) is 19.6 Å². The first kappa shape index (κ1) is 7.52. The predicted molar refractivity (Wildman–Crippen MR) is 37.1 cm³/mol. The lowest BCUT2D eigenvalue weighted by Crippen LogP contribution is -2.29. The van der Waals surface area contributed by atoms with E-state index in [1.165, 1.54) is 0 Å². The zero-order valence-corrected chi connectivity index (χ0v) is 5.92. The van der Waals surface area contributed by atoms with Crippen LogP contribution in [-0.2, 0) is 4.74 Å². The molecule has 1 aliphatic rings. The summed E-state index contributed by atoms with van der Waals surface area (Å²) >= 11 is 0. The Morgan fingerprint density at radius 2 is 2.60 bits per heavy atom. The van der Waals surface area contributed by atoms with Crippen molar-refractivity contribution in [1.82, 2.24) is 0 Å². The molecule has 1 heterocycles. The second-order valence-corrected chi connectivity index (χ2v) is 2.65. The van der Waals surface area contributed by atoms with Gasteiger partial charge in [0.2, 0.25) is 0 Å². The predicted octanol–water partition coefficient (Wildman–Crippen LogP) is 0.264. The minimum absolute atomic E-state index is 0.0208. The molecule has 1 rings (SSSR count). The fraction of sp³-hybridized carbons (Fsp3) is 0.857. The first-order valence-corrected chi connectivity index (χ1v) is 3.55. The molecule has 0 bridgehead atoms. The van der Waals surface area contributed by atoms with E-state index in [0.29, 0.717) is 12.3 Å². The molecular formula is C7H12N2O. The Morgan fingerprint density at radius 3 is 3.10 bits per heavy atom. The molecule has 0 aromatic heterocycles. The molecule has 0 aromatic carbocycles. The molecule has 3 heteroatoms. The van der Waals surface area contributed by atoms with E-state index in [2.05, 4.69) is 6.07 Å². The van der Waals surface area contributed by atoms with Gasteiger partial charge in [-0.25, -0.2) is 0 Å². The number of nitrogens with two attached hydrogens (primary N) is 1. The van der Waals surface area contributed by atoms with Crippen molar-refractivity contribution in [2.75, 3.05) is 13.2 Å². The number of hydrogen-bond acceptors (Lipinski definition) is 3. The Morgan fingerprint density at radius 1 is 1.80 bits per heavy atom. The molecule has 1 saturated heterocycles. The molecule has 0 aliphatic carbocycles. The third-order valence-corrected chi connectivity index (χ3v) is 1.90. The summed E-state index contributed by atoms with van der Waals surface area (Å²) in [6, 6.07) is 2.08. The fourth-order valence-electron chi connectivity index (χ4n) is 1.16. The fourth-order valence-corrected chi connectivity index (χ4v) is 1.16. The lowest BCUT2D eigenvalue weighted by Gasteiger charge is -2.12. The van der Waals surface area contributed by atoms with Gasteiger partial charge < -0.3 is 10.5 Å². The Balaban J connectivity index is 2.26. The van der Waals surface area contributed by atoms with E-state index in [1.54, 1.807) is 0 Å². The van der Waals surface area contributed by atoms with E-state index < -0.39 is 0 Å². The highest BCUT2D eigenvalue weighted by atomic mass is 16.5. The van der Waals surface area contributed by atoms with Gasteiger partial charge in [0.1, 0.15) is 0 Å². The highest BCUT2D eigenvalue weighted by Crippen LogP contribution is 2.16. The summed E-state index contributed by atoms with van der Waals surface area (Å²) in [6.45, 7) is 1.55. The number of ether oxygens (including phenoxy) is 1. The molecular weight excluding hydrogens is 128 g/mol. The van der Waals surface area contributed by atoms with Crippen molar-refractivity contribution in [2.45, 2.75) is 18.9 Å². The van der Waals surface area contributed by atoms with E-state index in [4.69, 9.17) is 15.7 Å². The number of rotatable bonds is 2. The van der Waals surface area contributed by atoms with Gasteiger partial charge in [0.25, 0.3) is 0 Å². The van der Waals surface area contributed by atoms with Crippen molar-refractivity contribution in [3.8, 4) is 6.07 Å². The minimum Gasteiger partial charge on any atom is -0.381 e. The first-order valence-electron chi connectivity index (χ1n) is 3.55. The quantitative estimate of drug-likeness (QED) is 0.598. The monoisotopic (exact) mass is 140 g/mol. The average Bonchev–Trinajstić information content (AvgIpc) is 2.38. The Labute approximate surface area is 60.8 Å². The molecule has 2 atom stereocenters. The summed E-state index contributed by atoms with van der Waals surface area (Å²) in [4.78, 5) is 0. The maximum atomic E-state index is 8.33. The minimum atomic E-state index is 0.0208. The van der Waals surface area contributed by atoms with Crippen LogP contribution in [0, 0.1) is 17.2 Å². The van der Waals surface area contributed by atoms with Gasteiger partial charge in [-0.15, -0.1) is 0 Å². The van der Waals surface area contributed by atoms with E-state index >= 15 is 0 Å². The zero-order valence-electron chi connectivity index (χ0n) is 5.92. The van der Waals surface area contributed by atoms with Crippen LogP contribution in [0.2, 0.25) is 0 Å². The van der Waals surface area contributed by atoms with Gasteiger partial charge in [-0.05, 0) is 6.42 Å². The van der Waals surface area contributed by atoms with Crippen LogP contribution < -0.4 is 5.73 Å². The lowest BCUT2D eigenvalue weighted by molar-refractivity contribution is 0.181. The van der Waals surface area contributed by atoms with Gasteiger partial charge in [0.05, 0.1) is 19.1 Å². The second-order valence-electron chi connectivity index (χ2n) is 2.65. The Kier molecular flexibility index (Phi) is 2.67. The van der Waals surface area contributed by atoms with Gasteiger partial charge in [-0.3, -0.25) is 0 Å². The SMILES string of the molecule is N#CCC(N)C1CCOC1. The summed E-state index contributed by atoms with van der Waals surface area (Å²) in [6.07, 6.45) is 1.47. The molecule has 0 radical (unpaired) electrons. The highest BCUT2D eigenvalue weighted by molar-refractivity contribution is 4.84. The van der Waals surface area contributed by atoms with Crippen LogP contribution in [0.15, 0.2) is 0 Å². The van der Waals surface area contributed by atoms with Crippen LogP contribution in [0.3, 0.4) is 0 Å². The molecule has 2 N–H and O–H groups in total. The normalized spacial score (nSPS) is 27.8. The van der Waals surface area contributed by atoms with Crippen molar-refractivity contribution >= 4 is 0 Å². The molecule has 0 spiro atoms. The molecule has 1 fully saturated rings. The zero-order chi connectivity index (χ0) is 7.40. The van der Waals surface area contributed by atoms with Crippen molar-refractivity contribution in [3.05, 3.63) is 0 Å². The van der Waals surface area contributed by atoms with Crippen molar-refractivity contribution in [2.24, 2.45) is 11.7 Å². The van der Waals surface area contributed by atoms with Crippen molar-refractivity contribution < 1.29 is 4.74 Å². The van der Waals surface area contributed by atoms with Gasteiger partial charge in [0.15, 0.2) is 0 Å². The van der Waals surface area contributed by atoms with E-state index in [9.17, 15) is 0 Å². The maximum Gasteiger partial charge on any atom is 0.0638 e. The van der Waals surface area contributed by atoms with Crippen LogP contribution in [0.5, 0.6) is 0 Å². The summed E-state index contributed by atoms with van der Waals surface area (Å²) in [5, 5.41) is 8.33.